The highest BCUT2D eigenvalue weighted by atomic mass is 35.5. The molecule has 0 saturated carbocycles. The lowest BCUT2D eigenvalue weighted by Crippen LogP contribution is -2.36. The normalized spacial score (nSPS) is 13.8. The van der Waals surface area contributed by atoms with Gasteiger partial charge in [0.2, 0.25) is 0 Å². The van der Waals surface area contributed by atoms with Crippen LogP contribution in [0.15, 0.2) is 42.0 Å². The predicted octanol–water partition coefficient (Wildman–Crippen LogP) is 3.96. The molecule has 2 aromatic heterocycles. The highest BCUT2D eigenvalue weighted by molar-refractivity contribution is 6.29. The molecule has 1 saturated heterocycles. The molecule has 0 bridgehead atoms. The highest BCUT2D eigenvalue weighted by Gasteiger charge is 2.20. The van der Waals surface area contributed by atoms with Crippen molar-refractivity contribution in [1.82, 2.24) is 14.9 Å². The zero-order valence-corrected chi connectivity index (χ0v) is 15.7. The molecule has 2 aromatic rings. The van der Waals surface area contributed by atoms with Crippen LogP contribution >= 0.6 is 11.6 Å². The van der Waals surface area contributed by atoms with Crippen molar-refractivity contribution in [3.05, 3.63) is 69.8 Å². The Hall–Kier alpha value is -2.64. The van der Waals surface area contributed by atoms with Crippen LogP contribution in [-0.4, -0.2) is 33.9 Å². The standard InChI is InChI=1S/C21H20ClN3O/c1-15-5-3-7-19(23-15)8-4-6-17-9-11-25(12-10-17)21(26)18-13-16(2)24-20(22)14-18/h3,5-7,13-14H,9-12H2,1-2H3. The lowest BCUT2D eigenvalue weighted by Gasteiger charge is -2.28. The minimum atomic E-state index is 0.00601. The molecule has 132 valence electrons. The molecule has 1 fully saturated rings. The summed E-state index contributed by atoms with van der Waals surface area (Å²) < 4.78 is 0. The number of amides is 1. The first-order valence-electron chi connectivity index (χ1n) is 8.58. The zero-order valence-electron chi connectivity index (χ0n) is 14.9. The molecule has 5 heteroatoms. The molecule has 0 radical (unpaired) electrons. The smallest absolute Gasteiger partial charge is 0.254 e. The number of rotatable bonds is 1. The topological polar surface area (TPSA) is 46.1 Å². The van der Waals surface area contributed by atoms with Gasteiger partial charge < -0.3 is 4.90 Å². The van der Waals surface area contributed by atoms with Crippen molar-refractivity contribution in [3.63, 3.8) is 0 Å². The van der Waals surface area contributed by atoms with Crippen molar-refractivity contribution < 1.29 is 4.79 Å². The summed E-state index contributed by atoms with van der Waals surface area (Å²) in [6.07, 6.45) is 3.62. The fourth-order valence-corrected chi connectivity index (χ4v) is 3.15. The lowest BCUT2D eigenvalue weighted by molar-refractivity contribution is 0.0743. The molecule has 0 spiro atoms. The first kappa shape index (κ1) is 18.2. The number of pyridine rings is 2. The third-order valence-electron chi connectivity index (χ3n) is 4.23. The molecule has 3 rings (SSSR count). The summed E-state index contributed by atoms with van der Waals surface area (Å²) in [5.41, 5.74) is 4.35. The summed E-state index contributed by atoms with van der Waals surface area (Å²) in [5.74, 6) is 6.16. The fourth-order valence-electron chi connectivity index (χ4n) is 2.90. The molecule has 0 aromatic carbocycles. The Morgan fingerprint density at radius 3 is 2.62 bits per heavy atom. The van der Waals surface area contributed by atoms with Crippen molar-refractivity contribution in [2.75, 3.05) is 13.1 Å². The van der Waals surface area contributed by atoms with Crippen LogP contribution in [0.5, 0.6) is 0 Å². The number of aryl methyl sites for hydroxylation is 2. The Morgan fingerprint density at radius 1 is 1.15 bits per heavy atom. The number of halogens is 1. The van der Waals surface area contributed by atoms with Crippen LogP contribution in [0.3, 0.4) is 0 Å². The third kappa shape index (κ3) is 4.71. The van der Waals surface area contributed by atoms with Crippen LogP contribution in [0.25, 0.3) is 0 Å². The van der Waals surface area contributed by atoms with E-state index in [0.29, 0.717) is 23.8 Å². The fraction of sp³-hybridized carbons (Fsp3) is 0.286. The van der Waals surface area contributed by atoms with Gasteiger partial charge in [0.15, 0.2) is 0 Å². The number of hydrogen-bond acceptors (Lipinski definition) is 3. The van der Waals surface area contributed by atoms with E-state index in [9.17, 15) is 4.79 Å². The molecule has 26 heavy (non-hydrogen) atoms. The van der Waals surface area contributed by atoms with E-state index in [1.165, 1.54) is 5.57 Å². The van der Waals surface area contributed by atoms with Gasteiger partial charge in [0, 0.05) is 30.0 Å². The van der Waals surface area contributed by atoms with E-state index in [1.54, 1.807) is 12.1 Å². The number of hydrogen-bond donors (Lipinski definition) is 0. The number of carbonyl (C=O) groups is 1. The summed E-state index contributed by atoms with van der Waals surface area (Å²) in [6, 6.07) is 9.22. The van der Waals surface area contributed by atoms with Gasteiger partial charge in [-0.3, -0.25) is 4.79 Å². The van der Waals surface area contributed by atoms with Gasteiger partial charge in [-0.15, -0.1) is 0 Å². The Labute approximate surface area is 158 Å². The van der Waals surface area contributed by atoms with E-state index < -0.39 is 0 Å². The Kier molecular flexibility index (Phi) is 5.70. The summed E-state index contributed by atoms with van der Waals surface area (Å²) in [7, 11) is 0. The van der Waals surface area contributed by atoms with Crippen LogP contribution in [0.2, 0.25) is 5.15 Å². The molecule has 0 N–H and O–H groups in total. The SMILES string of the molecule is Cc1cc(C(=O)N2CCC(=CC#Cc3cccc(C)n3)CC2)cc(Cl)n1. The van der Waals surface area contributed by atoms with Gasteiger partial charge in [-0.2, -0.15) is 0 Å². The van der Waals surface area contributed by atoms with E-state index >= 15 is 0 Å². The summed E-state index contributed by atoms with van der Waals surface area (Å²) >= 11 is 5.96. The van der Waals surface area contributed by atoms with Crippen molar-refractivity contribution >= 4 is 17.5 Å². The molecular formula is C21H20ClN3O. The molecule has 0 atom stereocenters. The number of carbonyl (C=O) groups excluding carboxylic acids is 1. The first-order valence-corrected chi connectivity index (χ1v) is 8.95. The Bertz CT molecular complexity index is 894. The maximum absolute atomic E-state index is 12.6. The predicted molar refractivity (Wildman–Crippen MR) is 103 cm³/mol. The van der Waals surface area contributed by atoms with E-state index in [4.69, 9.17) is 11.6 Å². The third-order valence-corrected chi connectivity index (χ3v) is 4.42. The van der Waals surface area contributed by atoms with Crippen molar-refractivity contribution in [3.8, 4) is 11.8 Å². The molecule has 0 unspecified atom stereocenters. The molecule has 1 amide bonds. The number of likely N-dealkylation sites (tertiary alicyclic amines) is 1. The van der Waals surface area contributed by atoms with Crippen LogP contribution < -0.4 is 0 Å². The van der Waals surface area contributed by atoms with Gasteiger partial charge in [-0.1, -0.05) is 29.2 Å². The zero-order chi connectivity index (χ0) is 18.5. The van der Waals surface area contributed by atoms with Gasteiger partial charge >= 0.3 is 0 Å². The van der Waals surface area contributed by atoms with E-state index in [1.807, 2.05) is 43.0 Å². The summed E-state index contributed by atoms with van der Waals surface area (Å²) in [4.78, 5) is 23.0. The van der Waals surface area contributed by atoms with Crippen molar-refractivity contribution in [2.45, 2.75) is 26.7 Å². The van der Waals surface area contributed by atoms with Gasteiger partial charge in [-0.25, -0.2) is 9.97 Å². The number of piperidine rings is 1. The largest absolute Gasteiger partial charge is 0.338 e. The van der Waals surface area contributed by atoms with Crippen LogP contribution in [-0.2, 0) is 0 Å². The minimum Gasteiger partial charge on any atom is -0.338 e. The van der Waals surface area contributed by atoms with Crippen molar-refractivity contribution in [2.24, 2.45) is 0 Å². The number of nitrogens with zero attached hydrogens (tertiary/aromatic N) is 3. The average molecular weight is 366 g/mol. The molecule has 4 nitrogen and oxygen atoms in total. The summed E-state index contributed by atoms with van der Waals surface area (Å²) in [6.45, 7) is 5.16. The van der Waals surface area contributed by atoms with Gasteiger partial charge in [0.25, 0.3) is 5.91 Å². The van der Waals surface area contributed by atoms with Crippen LogP contribution in [0, 0.1) is 25.7 Å². The lowest BCUT2D eigenvalue weighted by atomic mass is 10.0. The summed E-state index contributed by atoms with van der Waals surface area (Å²) in [5, 5.41) is 0.353. The molecule has 0 aliphatic carbocycles. The average Bonchev–Trinajstić information content (AvgIpc) is 2.61. The molecule has 1 aliphatic heterocycles. The highest BCUT2D eigenvalue weighted by Crippen LogP contribution is 2.19. The second-order valence-corrected chi connectivity index (χ2v) is 6.74. The van der Waals surface area contributed by atoms with Crippen LogP contribution in [0.4, 0.5) is 0 Å². The maximum Gasteiger partial charge on any atom is 0.254 e. The van der Waals surface area contributed by atoms with E-state index in [0.717, 1.165) is 29.9 Å². The van der Waals surface area contributed by atoms with Crippen molar-refractivity contribution in [1.29, 1.82) is 0 Å². The number of aromatic nitrogens is 2. The monoisotopic (exact) mass is 365 g/mol. The molecule has 1 aliphatic rings. The number of allylic oxidation sites excluding steroid dienone is 1. The molecular weight excluding hydrogens is 346 g/mol. The van der Waals surface area contributed by atoms with E-state index in [2.05, 4.69) is 21.8 Å². The maximum atomic E-state index is 12.6. The van der Waals surface area contributed by atoms with Gasteiger partial charge in [0.05, 0.1) is 0 Å². The second-order valence-electron chi connectivity index (χ2n) is 6.35. The van der Waals surface area contributed by atoms with Gasteiger partial charge in [-0.05, 0) is 63.0 Å². The first-order chi connectivity index (χ1) is 12.5. The van der Waals surface area contributed by atoms with E-state index in [-0.39, 0.29) is 5.91 Å². The quantitative estimate of drug-likeness (QED) is 0.567. The van der Waals surface area contributed by atoms with Crippen LogP contribution in [0.1, 0.15) is 40.3 Å². The van der Waals surface area contributed by atoms with Gasteiger partial charge in [0.1, 0.15) is 10.8 Å². The Morgan fingerprint density at radius 2 is 1.92 bits per heavy atom. The second kappa shape index (κ2) is 8.16. The Balaban J connectivity index is 1.61. The minimum absolute atomic E-state index is 0.00601. The molecule has 3 heterocycles.